The first-order valence-electron chi connectivity index (χ1n) is 6.59. The highest BCUT2D eigenvalue weighted by molar-refractivity contribution is 5.82. The van der Waals surface area contributed by atoms with Gasteiger partial charge in [0, 0.05) is 11.5 Å². The SMILES string of the molecule is COC(=O)C=CC1(c2ccccc2)CCCCC1. The number of rotatable bonds is 3. The van der Waals surface area contributed by atoms with Gasteiger partial charge in [0.2, 0.25) is 0 Å². The maximum absolute atomic E-state index is 11.3. The molecule has 0 spiro atoms. The van der Waals surface area contributed by atoms with Crippen LogP contribution in [0.3, 0.4) is 0 Å². The summed E-state index contributed by atoms with van der Waals surface area (Å²) in [6.07, 6.45) is 9.60. The molecule has 2 rings (SSSR count). The molecule has 0 aromatic heterocycles. The summed E-state index contributed by atoms with van der Waals surface area (Å²) in [6, 6.07) is 10.5. The summed E-state index contributed by atoms with van der Waals surface area (Å²) in [7, 11) is 1.42. The van der Waals surface area contributed by atoms with Gasteiger partial charge in [-0.05, 0) is 18.4 Å². The Balaban J connectivity index is 2.29. The van der Waals surface area contributed by atoms with Crippen LogP contribution in [0.1, 0.15) is 37.7 Å². The van der Waals surface area contributed by atoms with Crippen LogP contribution in [0.4, 0.5) is 0 Å². The fraction of sp³-hybridized carbons (Fsp3) is 0.438. The second kappa shape index (κ2) is 5.85. The van der Waals surface area contributed by atoms with E-state index >= 15 is 0 Å². The molecule has 1 aliphatic carbocycles. The van der Waals surface area contributed by atoms with Crippen molar-refractivity contribution >= 4 is 5.97 Å². The zero-order valence-corrected chi connectivity index (χ0v) is 10.9. The summed E-state index contributed by atoms with van der Waals surface area (Å²) in [5.74, 6) is -0.268. The van der Waals surface area contributed by atoms with E-state index < -0.39 is 0 Å². The average molecular weight is 244 g/mol. The van der Waals surface area contributed by atoms with Gasteiger partial charge < -0.3 is 4.74 Å². The second-order valence-electron chi connectivity index (χ2n) is 4.94. The van der Waals surface area contributed by atoms with E-state index in [-0.39, 0.29) is 11.4 Å². The fourth-order valence-electron chi connectivity index (χ4n) is 2.80. The minimum absolute atomic E-state index is 0.0215. The van der Waals surface area contributed by atoms with E-state index in [1.54, 1.807) is 6.08 Å². The Morgan fingerprint density at radius 2 is 1.83 bits per heavy atom. The predicted molar refractivity (Wildman–Crippen MR) is 72.4 cm³/mol. The van der Waals surface area contributed by atoms with Crippen molar-refractivity contribution in [3.8, 4) is 0 Å². The van der Waals surface area contributed by atoms with Gasteiger partial charge in [0.25, 0.3) is 0 Å². The number of hydrogen-bond acceptors (Lipinski definition) is 2. The van der Waals surface area contributed by atoms with Crippen molar-refractivity contribution in [2.45, 2.75) is 37.5 Å². The first kappa shape index (κ1) is 12.9. The molecule has 1 aromatic carbocycles. The monoisotopic (exact) mass is 244 g/mol. The van der Waals surface area contributed by atoms with Crippen LogP contribution in [0.2, 0.25) is 0 Å². The summed E-state index contributed by atoms with van der Waals surface area (Å²) in [5.41, 5.74) is 1.33. The number of esters is 1. The molecule has 0 atom stereocenters. The van der Waals surface area contributed by atoms with Crippen LogP contribution in [0.25, 0.3) is 0 Å². The third-order valence-corrected chi connectivity index (χ3v) is 3.83. The Morgan fingerprint density at radius 1 is 1.17 bits per heavy atom. The highest BCUT2D eigenvalue weighted by atomic mass is 16.5. The summed E-state index contributed by atoms with van der Waals surface area (Å²) in [4.78, 5) is 11.3. The van der Waals surface area contributed by atoms with Crippen molar-refractivity contribution in [3.63, 3.8) is 0 Å². The van der Waals surface area contributed by atoms with Crippen LogP contribution in [0.5, 0.6) is 0 Å². The predicted octanol–water partition coefficient (Wildman–Crippen LogP) is 3.62. The number of hydrogen-bond donors (Lipinski definition) is 0. The molecule has 2 nitrogen and oxygen atoms in total. The molecule has 0 saturated heterocycles. The Morgan fingerprint density at radius 3 is 2.44 bits per heavy atom. The van der Waals surface area contributed by atoms with E-state index in [4.69, 9.17) is 4.74 Å². The maximum atomic E-state index is 11.3. The third kappa shape index (κ3) is 2.81. The zero-order valence-electron chi connectivity index (χ0n) is 10.9. The van der Waals surface area contributed by atoms with Crippen molar-refractivity contribution < 1.29 is 9.53 Å². The van der Waals surface area contributed by atoms with Gasteiger partial charge in [-0.1, -0.05) is 55.7 Å². The van der Waals surface area contributed by atoms with Crippen molar-refractivity contribution in [1.82, 2.24) is 0 Å². The fourth-order valence-corrected chi connectivity index (χ4v) is 2.80. The molecule has 0 heterocycles. The molecular weight excluding hydrogens is 224 g/mol. The van der Waals surface area contributed by atoms with Crippen LogP contribution < -0.4 is 0 Å². The highest BCUT2D eigenvalue weighted by Gasteiger charge is 2.31. The zero-order chi connectivity index (χ0) is 12.8. The molecule has 18 heavy (non-hydrogen) atoms. The van der Waals surface area contributed by atoms with Crippen LogP contribution in [-0.2, 0) is 14.9 Å². The van der Waals surface area contributed by atoms with Gasteiger partial charge >= 0.3 is 5.97 Å². The van der Waals surface area contributed by atoms with Crippen LogP contribution in [0, 0.1) is 0 Å². The Hall–Kier alpha value is -1.57. The maximum Gasteiger partial charge on any atom is 0.330 e. The number of methoxy groups -OCH3 is 1. The molecule has 1 aromatic rings. The molecule has 0 N–H and O–H groups in total. The van der Waals surface area contributed by atoms with E-state index in [2.05, 4.69) is 24.3 Å². The van der Waals surface area contributed by atoms with Gasteiger partial charge in [-0.25, -0.2) is 4.79 Å². The van der Waals surface area contributed by atoms with E-state index in [0.717, 1.165) is 12.8 Å². The molecule has 1 saturated carbocycles. The molecule has 1 aliphatic rings. The quantitative estimate of drug-likeness (QED) is 0.599. The summed E-state index contributed by atoms with van der Waals surface area (Å²) < 4.78 is 4.70. The first-order chi connectivity index (χ1) is 8.77. The summed E-state index contributed by atoms with van der Waals surface area (Å²) >= 11 is 0. The lowest BCUT2D eigenvalue weighted by Gasteiger charge is -2.35. The lowest BCUT2D eigenvalue weighted by Crippen LogP contribution is -2.26. The van der Waals surface area contributed by atoms with Crippen molar-refractivity contribution in [1.29, 1.82) is 0 Å². The van der Waals surface area contributed by atoms with Gasteiger partial charge in [0.05, 0.1) is 7.11 Å². The summed E-state index contributed by atoms with van der Waals surface area (Å²) in [6.45, 7) is 0. The van der Waals surface area contributed by atoms with Crippen LogP contribution in [-0.4, -0.2) is 13.1 Å². The van der Waals surface area contributed by atoms with Crippen molar-refractivity contribution in [2.75, 3.05) is 7.11 Å². The van der Waals surface area contributed by atoms with Gasteiger partial charge in [-0.3, -0.25) is 0 Å². The minimum Gasteiger partial charge on any atom is -0.466 e. The molecule has 96 valence electrons. The Kier molecular flexibility index (Phi) is 4.19. The number of allylic oxidation sites excluding steroid dienone is 1. The normalized spacial score (nSPS) is 18.7. The number of carbonyl (C=O) groups is 1. The van der Waals surface area contributed by atoms with E-state index in [1.807, 2.05) is 12.1 Å². The van der Waals surface area contributed by atoms with Gasteiger partial charge in [-0.2, -0.15) is 0 Å². The lowest BCUT2D eigenvalue weighted by atomic mass is 9.69. The Bertz CT molecular complexity index is 414. The number of benzene rings is 1. The number of carbonyl (C=O) groups excluding carboxylic acids is 1. The Labute approximate surface area is 109 Å². The molecule has 2 heteroatoms. The van der Waals surface area contributed by atoms with Gasteiger partial charge in [-0.15, -0.1) is 0 Å². The summed E-state index contributed by atoms with van der Waals surface area (Å²) in [5, 5.41) is 0. The van der Waals surface area contributed by atoms with Gasteiger partial charge in [0.15, 0.2) is 0 Å². The molecule has 0 unspecified atom stereocenters. The largest absolute Gasteiger partial charge is 0.466 e. The first-order valence-corrected chi connectivity index (χ1v) is 6.59. The van der Waals surface area contributed by atoms with Crippen molar-refractivity contribution in [3.05, 3.63) is 48.0 Å². The lowest BCUT2D eigenvalue weighted by molar-refractivity contribution is -0.134. The average Bonchev–Trinajstić information content (AvgIpc) is 2.46. The minimum atomic E-state index is -0.268. The highest BCUT2D eigenvalue weighted by Crippen LogP contribution is 2.40. The standard InChI is InChI=1S/C16H20O2/c1-18-15(17)10-13-16(11-6-3-7-12-16)14-8-4-2-5-9-14/h2,4-5,8-10,13H,3,6-7,11-12H2,1H3. The number of ether oxygens (including phenoxy) is 1. The van der Waals surface area contributed by atoms with E-state index in [1.165, 1.54) is 31.9 Å². The third-order valence-electron chi connectivity index (χ3n) is 3.83. The van der Waals surface area contributed by atoms with E-state index in [9.17, 15) is 4.79 Å². The smallest absolute Gasteiger partial charge is 0.330 e. The molecule has 0 aliphatic heterocycles. The van der Waals surface area contributed by atoms with Crippen LogP contribution >= 0.6 is 0 Å². The van der Waals surface area contributed by atoms with Crippen molar-refractivity contribution in [2.24, 2.45) is 0 Å². The molecule has 0 bridgehead atoms. The molecule has 0 radical (unpaired) electrons. The van der Waals surface area contributed by atoms with E-state index in [0.29, 0.717) is 0 Å². The molecular formula is C16H20O2. The topological polar surface area (TPSA) is 26.3 Å². The van der Waals surface area contributed by atoms with Gasteiger partial charge in [0.1, 0.15) is 0 Å². The molecule has 0 amide bonds. The molecule has 1 fully saturated rings. The van der Waals surface area contributed by atoms with Crippen LogP contribution in [0.15, 0.2) is 42.5 Å². The second-order valence-corrected chi connectivity index (χ2v) is 4.94.